The van der Waals surface area contributed by atoms with Crippen LogP contribution < -0.4 is 0 Å². The van der Waals surface area contributed by atoms with Crippen LogP contribution in [0.4, 0.5) is 0 Å². The van der Waals surface area contributed by atoms with Crippen LogP contribution in [0.3, 0.4) is 0 Å². The van der Waals surface area contributed by atoms with Crippen LogP contribution in [-0.4, -0.2) is 9.97 Å². The average Bonchev–Trinajstić information content (AvgIpc) is 2.84. The molecule has 1 saturated carbocycles. The average molecular weight is 279 g/mol. The molecule has 1 heterocycles. The highest BCUT2D eigenvalue weighted by molar-refractivity contribution is 9.10. The highest BCUT2D eigenvalue weighted by atomic mass is 79.9. The third kappa shape index (κ3) is 1.58. The lowest BCUT2D eigenvalue weighted by atomic mass is 9.88. The van der Waals surface area contributed by atoms with Gasteiger partial charge in [-0.1, -0.05) is 35.7 Å². The Kier molecular flexibility index (Phi) is 2.32. The van der Waals surface area contributed by atoms with E-state index >= 15 is 0 Å². The zero-order chi connectivity index (χ0) is 11.2. The Morgan fingerprint density at radius 2 is 2.06 bits per heavy atom. The Hall–Kier alpha value is -0.830. The summed E-state index contributed by atoms with van der Waals surface area (Å²) in [7, 11) is 0. The molecule has 84 valence electrons. The second-order valence-electron chi connectivity index (χ2n) is 5.01. The molecule has 3 rings (SSSR count). The number of benzene rings is 1. The summed E-state index contributed by atoms with van der Waals surface area (Å²) in [5, 5.41) is 0. The fourth-order valence-electron chi connectivity index (χ4n) is 2.66. The lowest BCUT2D eigenvalue weighted by Gasteiger charge is -2.19. The van der Waals surface area contributed by atoms with Crippen LogP contribution in [0.2, 0.25) is 0 Å². The molecule has 0 spiro atoms. The van der Waals surface area contributed by atoms with Crippen molar-refractivity contribution in [1.82, 2.24) is 9.97 Å². The molecule has 0 amide bonds. The quantitative estimate of drug-likeness (QED) is 0.834. The van der Waals surface area contributed by atoms with Gasteiger partial charge in [-0.25, -0.2) is 4.98 Å². The van der Waals surface area contributed by atoms with Gasteiger partial charge in [0.25, 0.3) is 0 Å². The molecule has 1 aromatic carbocycles. The Bertz CT molecular complexity index is 524. The van der Waals surface area contributed by atoms with Crippen molar-refractivity contribution in [2.75, 3.05) is 0 Å². The van der Waals surface area contributed by atoms with E-state index < -0.39 is 0 Å². The summed E-state index contributed by atoms with van der Waals surface area (Å²) < 4.78 is 1.10. The second-order valence-corrected chi connectivity index (χ2v) is 5.93. The van der Waals surface area contributed by atoms with Gasteiger partial charge in [0.2, 0.25) is 0 Å². The van der Waals surface area contributed by atoms with Gasteiger partial charge >= 0.3 is 0 Å². The van der Waals surface area contributed by atoms with Crippen LogP contribution >= 0.6 is 15.9 Å². The van der Waals surface area contributed by atoms with Crippen LogP contribution in [0.15, 0.2) is 22.7 Å². The predicted octanol–water partition coefficient (Wildman–Crippen LogP) is 4.16. The van der Waals surface area contributed by atoms with E-state index in [4.69, 9.17) is 4.98 Å². The number of imidazole rings is 1. The number of rotatable bonds is 1. The Labute approximate surface area is 104 Å². The Morgan fingerprint density at radius 3 is 2.81 bits per heavy atom. The summed E-state index contributed by atoms with van der Waals surface area (Å²) in [6, 6.07) is 6.21. The van der Waals surface area contributed by atoms with E-state index in [1.807, 2.05) is 6.07 Å². The van der Waals surface area contributed by atoms with E-state index in [2.05, 4.69) is 40.0 Å². The summed E-state index contributed by atoms with van der Waals surface area (Å²) in [5.41, 5.74) is 2.48. The van der Waals surface area contributed by atoms with Crippen LogP contribution in [-0.2, 0) is 5.41 Å². The molecular weight excluding hydrogens is 264 g/mol. The SMILES string of the molecule is CC1(c2nc3ccc(Br)cc3[nH]2)CCCC1. The molecule has 0 bridgehead atoms. The second kappa shape index (κ2) is 3.59. The van der Waals surface area contributed by atoms with Crippen LogP contribution in [0, 0.1) is 0 Å². The summed E-state index contributed by atoms with van der Waals surface area (Å²) in [6.45, 7) is 2.33. The van der Waals surface area contributed by atoms with E-state index in [0.717, 1.165) is 21.3 Å². The summed E-state index contributed by atoms with van der Waals surface area (Å²) in [5.74, 6) is 1.16. The van der Waals surface area contributed by atoms with Crippen molar-refractivity contribution < 1.29 is 0 Å². The number of nitrogens with zero attached hydrogens (tertiary/aromatic N) is 1. The molecule has 3 heteroatoms. The van der Waals surface area contributed by atoms with Crippen molar-refractivity contribution in [2.45, 2.75) is 38.0 Å². The minimum absolute atomic E-state index is 0.269. The third-order valence-electron chi connectivity index (χ3n) is 3.72. The summed E-state index contributed by atoms with van der Waals surface area (Å²) in [4.78, 5) is 8.21. The van der Waals surface area contributed by atoms with Crippen molar-refractivity contribution in [1.29, 1.82) is 0 Å². The lowest BCUT2D eigenvalue weighted by molar-refractivity contribution is 0.465. The fourth-order valence-corrected chi connectivity index (χ4v) is 3.02. The van der Waals surface area contributed by atoms with E-state index in [9.17, 15) is 0 Å². The molecular formula is C13H15BrN2. The highest BCUT2D eigenvalue weighted by Crippen LogP contribution is 2.39. The summed E-state index contributed by atoms with van der Waals surface area (Å²) >= 11 is 3.49. The molecule has 1 aliphatic rings. The fraction of sp³-hybridized carbons (Fsp3) is 0.462. The van der Waals surface area contributed by atoms with Gasteiger partial charge in [0.1, 0.15) is 5.82 Å². The molecule has 0 unspecified atom stereocenters. The van der Waals surface area contributed by atoms with Crippen molar-refractivity contribution in [2.24, 2.45) is 0 Å². The first kappa shape index (κ1) is 10.3. The highest BCUT2D eigenvalue weighted by Gasteiger charge is 2.33. The van der Waals surface area contributed by atoms with E-state index in [1.165, 1.54) is 25.7 Å². The smallest absolute Gasteiger partial charge is 0.113 e. The van der Waals surface area contributed by atoms with E-state index in [0.29, 0.717) is 0 Å². The molecule has 16 heavy (non-hydrogen) atoms. The Morgan fingerprint density at radius 1 is 1.31 bits per heavy atom. The van der Waals surface area contributed by atoms with Gasteiger partial charge in [0.15, 0.2) is 0 Å². The normalized spacial score (nSPS) is 19.4. The van der Waals surface area contributed by atoms with Gasteiger partial charge in [-0.15, -0.1) is 0 Å². The molecule has 2 aromatic rings. The molecule has 2 nitrogen and oxygen atoms in total. The van der Waals surface area contributed by atoms with Crippen LogP contribution in [0.25, 0.3) is 11.0 Å². The maximum Gasteiger partial charge on any atom is 0.113 e. The minimum Gasteiger partial charge on any atom is -0.341 e. The molecule has 0 saturated heterocycles. The van der Waals surface area contributed by atoms with Crippen LogP contribution in [0.1, 0.15) is 38.4 Å². The lowest BCUT2D eigenvalue weighted by Crippen LogP contribution is -2.18. The standard InChI is InChI=1S/C13H15BrN2/c1-13(6-2-3-7-13)12-15-10-5-4-9(14)8-11(10)16-12/h4-5,8H,2-3,6-7H2,1H3,(H,15,16). The number of nitrogens with one attached hydrogen (secondary N) is 1. The van der Waals surface area contributed by atoms with Crippen molar-refractivity contribution >= 4 is 27.0 Å². The largest absolute Gasteiger partial charge is 0.341 e. The van der Waals surface area contributed by atoms with Crippen molar-refractivity contribution in [3.05, 3.63) is 28.5 Å². The van der Waals surface area contributed by atoms with Gasteiger partial charge in [0.05, 0.1) is 11.0 Å². The van der Waals surface area contributed by atoms with Gasteiger partial charge < -0.3 is 4.98 Å². The maximum atomic E-state index is 4.73. The van der Waals surface area contributed by atoms with E-state index in [-0.39, 0.29) is 5.41 Å². The van der Waals surface area contributed by atoms with Gasteiger partial charge in [-0.05, 0) is 31.0 Å². The predicted molar refractivity (Wildman–Crippen MR) is 69.6 cm³/mol. The molecule has 0 radical (unpaired) electrons. The monoisotopic (exact) mass is 278 g/mol. The maximum absolute atomic E-state index is 4.73. The van der Waals surface area contributed by atoms with Gasteiger partial charge in [-0.2, -0.15) is 0 Å². The first-order valence-electron chi connectivity index (χ1n) is 5.83. The molecule has 0 aliphatic heterocycles. The van der Waals surface area contributed by atoms with Crippen LogP contribution in [0.5, 0.6) is 0 Å². The molecule has 0 atom stereocenters. The number of aromatic amines is 1. The topological polar surface area (TPSA) is 28.7 Å². The third-order valence-corrected chi connectivity index (χ3v) is 4.22. The number of halogens is 1. The number of aromatic nitrogens is 2. The first-order chi connectivity index (χ1) is 7.67. The van der Waals surface area contributed by atoms with Crippen molar-refractivity contribution in [3.63, 3.8) is 0 Å². The molecule has 1 fully saturated rings. The van der Waals surface area contributed by atoms with Crippen molar-refractivity contribution in [3.8, 4) is 0 Å². The first-order valence-corrected chi connectivity index (χ1v) is 6.62. The number of fused-ring (bicyclic) bond motifs is 1. The summed E-state index contributed by atoms with van der Waals surface area (Å²) in [6.07, 6.45) is 5.18. The van der Waals surface area contributed by atoms with E-state index in [1.54, 1.807) is 0 Å². The van der Waals surface area contributed by atoms with Gasteiger partial charge in [0, 0.05) is 9.89 Å². The minimum atomic E-state index is 0.269. The zero-order valence-corrected chi connectivity index (χ0v) is 11.0. The Balaban J connectivity index is 2.11. The number of hydrogen-bond acceptors (Lipinski definition) is 1. The zero-order valence-electron chi connectivity index (χ0n) is 9.39. The molecule has 1 N–H and O–H groups in total. The number of H-pyrrole nitrogens is 1. The molecule has 1 aliphatic carbocycles. The molecule has 1 aromatic heterocycles. The number of hydrogen-bond donors (Lipinski definition) is 1. The van der Waals surface area contributed by atoms with Gasteiger partial charge in [-0.3, -0.25) is 0 Å².